The van der Waals surface area contributed by atoms with Crippen LogP contribution in [0.3, 0.4) is 0 Å². The van der Waals surface area contributed by atoms with Gasteiger partial charge in [-0.2, -0.15) is 0 Å². The van der Waals surface area contributed by atoms with Gasteiger partial charge in [0.1, 0.15) is 17.2 Å². The van der Waals surface area contributed by atoms with Crippen molar-refractivity contribution < 1.29 is 9.18 Å². The molecule has 4 rings (SSSR count). The lowest BCUT2D eigenvalue weighted by Crippen LogP contribution is -2.12. The number of amides is 1. The smallest absolute Gasteiger partial charge is 0.277 e. The minimum atomic E-state index is -0.388. The van der Waals surface area contributed by atoms with E-state index in [4.69, 9.17) is 0 Å². The van der Waals surface area contributed by atoms with Crippen LogP contribution >= 0.6 is 11.3 Å². The predicted molar refractivity (Wildman–Crippen MR) is 100 cm³/mol. The number of imidazole rings is 1. The van der Waals surface area contributed by atoms with Crippen molar-refractivity contribution in [2.75, 3.05) is 5.32 Å². The molecule has 0 aliphatic carbocycles. The summed E-state index contributed by atoms with van der Waals surface area (Å²) in [5.41, 5.74) is 3.79. The van der Waals surface area contributed by atoms with E-state index in [1.807, 2.05) is 17.5 Å². The molecule has 0 saturated carbocycles. The highest BCUT2D eigenvalue weighted by Gasteiger charge is 2.14. The Balaban J connectivity index is 1.53. The van der Waals surface area contributed by atoms with Crippen LogP contribution in [-0.2, 0) is 6.42 Å². The maximum absolute atomic E-state index is 13.2. The minimum Gasteiger partial charge on any atom is -0.303 e. The standard InChI is InChI=1S/C19H15FN4OS/c1-2-12-3-5-13(6-4-12)16-11-26-19(22-16)23-18(25)15-10-24-9-14(20)7-8-17(24)21-15/h3-11H,2H2,1H3,(H,22,23,25). The van der Waals surface area contributed by atoms with Gasteiger partial charge in [0.05, 0.1) is 5.69 Å². The molecule has 0 aliphatic heterocycles. The first-order valence-electron chi connectivity index (χ1n) is 8.13. The second-order valence-corrected chi connectivity index (χ2v) is 6.64. The summed E-state index contributed by atoms with van der Waals surface area (Å²) in [7, 11) is 0. The molecular weight excluding hydrogens is 351 g/mol. The second kappa shape index (κ2) is 6.68. The number of benzene rings is 1. The summed E-state index contributed by atoms with van der Waals surface area (Å²) >= 11 is 1.35. The summed E-state index contributed by atoms with van der Waals surface area (Å²) in [4.78, 5) is 21.0. The molecule has 3 heterocycles. The zero-order valence-corrected chi connectivity index (χ0v) is 14.8. The van der Waals surface area contributed by atoms with E-state index in [0.717, 1.165) is 17.7 Å². The molecule has 0 fully saturated rings. The van der Waals surface area contributed by atoms with Crippen LogP contribution in [0, 0.1) is 5.82 Å². The maximum atomic E-state index is 13.2. The first kappa shape index (κ1) is 16.4. The molecule has 4 aromatic rings. The number of carbonyl (C=O) groups excluding carboxylic acids is 1. The fourth-order valence-electron chi connectivity index (χ4n) is 2.61. The van der Waals surface area contributed by atoms with E-state index in [1.54, 1.807) is 0 Å². The fourth-order valence-corrected chi connectivity index (χ4v) is 3.32. The normalized spacial score (nSPS) is 11.0. The topological polar surface area (TPSA) is 59.3 Å². The molecule has 3 aromatic heterocycles. The molecule has 0 atom stereocenters. The average molecular weight is 366 g/mol. The van der Waals surface area contributed by atoms with Crippen LogP contribution in [0.5, 0.6) is 0 Å². The molecule has 1 aromatic carbocycles. The number of aromatic nitrogens is 3. The molecule has 0 spiro atoms. The van der Waals surface area contributed by atoms with E-state index in [1.165, 1.54) is 45.8 Å². The third-order valence-corrected chi connectivity index (χ3v) is 4.79. The molecule has 0 unspecified atom stereocenters. The van der Waals surface area contributed by atoms with E-state index in [2.05, 4.69) is 34.3 Å². The SMILES string of the molecule is CCc1ccc(-c2csc(NC(=O)c3cn4cc(F)ccc4n3)n2)cc1. The van der Waals surface area contributed by atoms with Gasteiger partial charge in [-0.1, -0.05) is 31.2 Å². The highest BCUT2D eigenvalue weighted by molar-refractivity contribution is 7.14. The summed E-state index contributed by atoms with van der Waals surface area (Å²) in [6.45, 7) is 2.11. The highest BCUT2D eigenvalue weighted by Crippen LogP contribution is 2.25. The Hall–Kier alpha value is -3.06. The Morgan fingerprint density at radius 2 is 1.96 bits per heavy atom. The number of nitrogens with one attached hydrogen (secondary N) is 1. The van der Waals surface area contributed by atoms with Gasteiger partial charge in [-0.25, -0.2) is 14.4 Å². The van der Waals surface area contributed by atoms with Crippen LogP contribution in [0.25, 0.3) is 16.9 Å². The van der Waals surface area contributed by atoms with Crippen molar-refractivity contribution in [3.05, 3.63) is 71.2 Å². The maximum Gasteiger partial charge on any atom is 0.277 e. The quantitative estimate of drug-likeness (QED) is 0.582. The molecule has 130 valence electrons. The number of pyridine rings is 1. The van der Waals surface area contributed by atoms with Crippen LogP contribution in [0.2, 0.25) is 0 Å². The third kappa shape index (κ3) is 3.21. The Labute approximate surface area is 153 Å². The number of thiazole rings is 1. The number of halogens is 1. The largest absolute Gasteiger partial charge is 0.303 e. The summed E-state index contributed by atoms with van der Waals surface area (Å²) < 4.78 is 14.7. The summed E-state index contributed by atoms with van der Waals surface area (Å²) in [6, 6.07) is 11.0. The van der Waals surface area contributed by atoms with Gasteiger partial charge in [-0.3, -0.25) is 10.1 Å². The van der Waals surface area contributed by atoms with E-state index >= 15 is 0 Å². The zero-order chi connectivity index (χ0) is 18.1. The number of hydrogen-bond donors (Lipinski definition) is 1. The molecule has 0 aliphatic rings. The van der Waals surface area contributed by atoms with Crippen molar-refractivity contribution in [2.24, 2.45) is 0 Å². The number of aryl methyl sites for hydroxylation is 1. The van der Waals surface area contributed by atoms with Gasteiger partial charge in [-0.15, -0.1) is 11.3 Å². The number of anilines is 1. The van der Waals surface area contributed by atoms with E-state index < -0.39 is 0 Å². The Morgan fingerprint density at radius 1 is 1.15 bits per heavy atom. The van der Waals surface area contributed by atoms with E-state index in [-0.39, 0.29) is 17.4 Å². The second-order valence-electron chi connectivity index (χ2n) is 5.78. The fraction of sp³-hybridized carbons (Fsp3) is 0.105. The Bertz CT molecular complexity index is 1080. The molecular formula is C19H15FN4OS. The van der Waals surface area contributed by atoms with Gasteiger partial charge in [-0.05, 0) is 24.1 Å². The lowest BCUT2D eigenvalue weighted by Gasteiger charge is -2.00. The summed E-state index contributed by atoms with van der Waals surface area (Å²) in [5.74, 6) is -0.767. The average Bonchev–Trinajstić information content (AvgIpc) is 3.28. The van der Waals surface area contributed by atoms with Gasteiger partial charge < -0.3 is 4.40 Å². The van der Waals surface area contributed by atoms with Gasteiger partial charge in [0.2, 0.25) is 0 Å². The van der Waals surface area contributed by atoms with E-state index in [9.17, 15) is 9.18 Å². The molecule has 1 amide bonds. The van der Waals surface area contributed by atoms with E-state index in [0.29, 0.717) is 10.8 Å². The van der Waals surface area contributed by atoms with Crippen LogP contribution < -0.4 is 5.32 Å². The lowest BCUT2D eigenvalue weighted by molar-refractivity contribution is 0.102. The molecule has 7 heteroatoms. The van der Waals surface area contributed by atoms with Crippen LogP contribution in [0.4, 0.5) is 9.52 Å². The van der Waals surface area contributed by atoms with Crippen molar-refractivity contribution in [3.63, 3.8) is 0 Å². The van der Waals surface area contributed by atoms with Crippen LogP contribution in [0.1, 0.15) is 23.0 Å². The highest BCUT2D eigenvalue weighted by atomic mass is 32.1. The zero-order valence-electron chi connectivity index (χ0n) is 13.9. The molecule has 0 saturated heterocycles. The summed E-state index contributed by atoms with van der Waals surface area (Å²) in [6.07, 6.45) is 3.76. The first-order valence-corrected chi connectivity index (χ1v) is 9.01. The first-order chi connectivity index (χ1) is 12.6. The Kier molecular flexibility index (Phi) is 4.22. The third-order valence-electron chi connectivity index (χ3n) is 4.03. The van der Waals surface area contributed by atoms with Crippen molar-refractivity contribution in [1.82, 2.24) is 14.4 Å². The molecule has 0 radical (unpaired) electrons. The van der Waals surface area contributed by atoms with Crippen molar-refractivity contribution in [1.29, 1.82) is 0 Å². The number of carbonyl (C=O) groups is 1. The number of fused-ring (bicyclic) bond motifs is 1. The minimum absolute atomic E-state index is 0.208. The van der Waals surface area contributed by atoms with Crippen LogP contribution in [-0.4, -0.2) is 20.3 Å². The van der Waals surface area contributed by atoms with Crippen molar-refractivity contribution in [2.45, 2.75) is 13.3 Å². The Morgan fingerprint density at radius 3 is 2.73 bits per heavy atom. The molecule has 0 bridgehead atoms. The summed E-state index contributed by atoms with van der Waals surface area (Å²) in [5, 5.41) is 5.14. The molecule has 1 N–H and O–H groups in total. The van der Waals surface area contributed by atoms with Crippen molar-refractivity contribution >= 4 is 28.0 Å². The van der Waals surface area contributed by atoms with Gasteiger partial charge >= 0.3 is 0 Å². The van der Waals surface area contributed by atoms with Gasteiger partial charge in [0.15, 0.2) is 5.13 Å². The number of rotatable bonds is 4. The predicted octanol–water partition coefficient (Wildman–Crippen LogP) is 4.41. The number of nitrogens with zero attached hydrogens (tertiary/aromatic N) is 3. The molecule has 26 heavy (non-hydrogen) atoms. The van der Waals surface area contributed by atoms with Crippen molar-refractivity contribution in [3.8, 4) is 11.3 Å². The number of hydrogen-bond acceptors (Lipinski definition) is 4. The molecule has 5 nitrogen and oxygen atoms in total. The van der Waals surface area contributed by atoms with Crippen LogP contribution in [0.15, 0.2) is 54.2 Å². The lowest BCUT2D eigenvalue weighted by atomic mass is 10.1. The monoisotopic (exact) mass is 366 g/mol. The van der Waals surface area contributed by atoms with Gasteiger partial charge in [0, 0.05) is 23.3 Å². The van der Waals surface area contributed by atoms with Gasteiger partial charge in [0.25, 0.3) is 5.91 Å².